The molecule has 2 amide bonds. The SMILES string of the molecule is CC(=O)Nc1cccc(NC(=O)c2ccc(Nc3cc(C)on3)cn2)c1. The lowest BCUT2D eigenvalue weighted by molar-refractivity contribution is -0.114. The first-order valence-electron chi connectivity index (χ1n) is 7.85. The number of aromatic nitrogens is 2. The van der Waals surface area contributed by atoms with Crippen LogP contribution in [0.2, 0.25) is 0 Å². The first-order valence-corrected chi connectivity index (χ1v) is 7.85. The molecule has 0 atom stereocenters. The number of carbonyl (C=O) groups excluding carboxylic acids is 2. The lowest BCUT2D eigenvalue weighted by Crippen LogP contribution is -2.14. The van der Waals surface area contributed by atoms with Crippen LogP contribution in [-0.2, 0) is 4.79 Å². The van der Waals surface area contributed by atoms with E-state index < -0.39 is 0 Å². The minimum absolute atomic E-state index is 0.180. The van der Waals surface area contributed by atoms with E-state index in [4.69, 9.17) is 4.52 Å². The molecule has 0 unspecified atom stereocenters. The van der Waals surface area contributed by atoms with Gasteiger partial charge in [-0.25, -0.2) is 4.98 Å². The molecule has 0 radical (unpaired) electrons. The van der Waals surface area contributed by atoms with Crippen molar-refractivity contribution in [2.75, 3.05) is 16.0 Å². The van der Waals surface area contributed by atoms with E-state index >= 15 is 0 Å². The minimum Gasteiger partial charge on any atom is -0.360 e. The Hall–Kier alpha value is -3.68. The standard InChI is InChI=1S/C18H17N5O3/c1-11-8-17(23-26-11)21-15-6-7-16(19-10-15)18(25)22-14-5-3-4-13(9-14)20-12(2)24/h3-10H,1-2H3,(H,20,24)(H,21,23)(H,22,25). The highest BCUT2D eigenvalue weighted by molar-refractivity contribution is 6.03. The average Bonchev–Trinajstić information content (AvgIpc) is 3.00. The second-order valence-electron chi connectivity index (χ2n) is 5.60. The van der Waals surface area contributed by atoms with Crippen molar-refractivity contribution in [3.8, 4) is 0 Å². The van der Waals surface area contributed by atoms with E-state index in [1.54, 1.807) is 49.4 Å². The highest BCUT2D eigenvalue weighted by Crippen LogP contribution is 2.18. The Bertz CT molecular complexity index is 934. The van der Waals surface area contributed by atoms with Crippen LogP contribution in [0.15, 0.2) is 53.2 Å². The van der Waals surface area contributed by atoms with Gasteiger partial charge >= 0.3 is 0 Å². The molecule has 8 nitrogen and oxygen atoms in total. The number of aryl methyl sites for hydroxylation is 1. The molecule has 3 rings (SSSR count). The van der Waals surface area contributed by atoms with Crippen LogP contribution in [0.4, 0.5) is 22.9 Å². The van der Waals surface area contributed by atoms with E-state index in [9.17, 15) is 9.59 Å². The predicted molar refractivity (Wildman–Crippen MR) is 97.5 cm³/mol. The molecule has 3 aromatic rings. The first-order chi connectivity index (χ1) is 12.5. The Balaban J connectivity index is 1.65. The molecule has 0 saturated heterocycles. The van der Waals surface area contributed by atoms with E-state index in [2.05, 4.69) is 26.1 Å². The maximum Gasteiger partial charge on any atom is 0.274 e. The molecule has 2 heterocycles. The Morgan fingerprint density at radius 1 is 1.00 bits per heavy atom. The molecule has 26 heavy (non-hydrogen) atoms. The molecule has 8 heteroatoms. The van der Waals surface area contributed by atoms with Gasteiger partial charge in [-0.1, -0.05) is 11.2 Å². The molecule has 0 saturated carbocycles. The number of nitrogens with zero attached hydrogens (tertiary/aromatic N) is 2. The summed E-state index contributed by atoms with van der Waals surface area (Å²) in [5.41, 5.74) is 2.10. The average molecular weight is 351 g/mol. The fourth-order valence-corrected chi connectivity index (χ4v) is 2.25. The number of hydrogen-bond acceptors (Lipinski definition) is 6. The van der Waals surface area contributed by atoms with Crippen molar-refractivity contribution in [2.45, 2.75) is 13.8 Å². The number of pyridine rings is 1. The van der Waals surface area contributed by atoms with Gasteiger partial charge in [0.2, 0.25) is 5.91 Å². The Morgan fingerprint density at radius 2 is 1.77 bits per heavy atom. The summed E-state index contributed by atoms with van der Waals surface area (Å²) in [6.45, 7) is 3.22. The zero-order chi connectivity index (χ0) is 18.5. The molecule has 2 aromatic heterocycles. The summed E-state index contributed by atoms with van der Waals surface area (Å²) in [4.78, 5) is 27.6. The third kappa shape index (κ3) is 4.44. The monoisotopic (exact) mass is 351 g/mol. The lowest BCUT2D eigenvalue weighted by atomic mass is 10.2. The van der Waals surface area contributed by atoms with E-state index in [1.807, 2.05) is 0 Å². The summed E-state index contributed by atoms with van der Waals surface area (Å²) < 4.78 is 4.98. The van der Waals surface area contributed by atoms with Gasteiger partial charge < -0.3 is 20.5 Å². The van der Waals surface area contributed by atoms with Crippen LogP contribution in [0.25, 0.3) is 0 Å². The van der Waals surface area contributed by atoms with E-state index in [-0.39, 0.29) is 17.5 Å². The number of amides is 2. The van der Waals surface area contributed by atoms with Crippen molar-refractivity contribution in [1.82, 2.24) is 10.1 Å². The van der Waals surface area contributed by atoms with Gasteiger partial charge in [0.05, 0.1) is 11.9 Å². The maximum absolute atomic E-state index is 12.3. The van der Waals surface area contributed by atoms with Crippen LogP contribution in [-0.4, -0.2) is 22.0 Å². The summed E-state index contributed by atoms with van der Waals surface area (Å²) in [6, 6.07) is 11.9. The summed E-state index contributed by atoms with van der Waals surface area (Å²) >= 11 is 0. The van der Waals surface area contributed by atoms with Crippen molar-refractivity contribution in [1.29, 1.82) is 0 Å². The largest absolute Gasteiger partial charge is 0.360 e. The Labute approximate surface area is 149 Å². The number of hydrogen-bond donors (Lipinski definition) is 3. The van der Waals surface area contributed by atoms with Crippen molar-refractivity contribution in [3.63, 3.8) is 0 Å². The van der Waals surface area contributed by atoms with Crippen LogP contribution in [0.1, 0.15) is 23.2 Å². The van der Waals surface area contributed by atoms with Gasteiger partial charge in [0, 0.05) is 24.4 Å². The fourth-order valence-electron chi connectivity index (χ4n) is 2.25. The third-order valence-electron chi connectivity index (χ3n) is 3.34. The summed E-state index contributed by atoms with van der Waals surface area (Å²) in [5, 5.41) is 12.3. The van der Waals surface area contributed by atoms with Crippen molar-refractivity contribution < 1.29 is 14.1 Å². The first kappa shape index (κ1) is 17.2. The topological polar surface area (TPSA) is 109 Å². The number of carbonyl (C=O) groups is 2. The molecule has 0 spiro atoms. The highest BCUT2D eigenvalue weighted by atomic mass is 16.5. The van der Waals surface area contributed by atoms with E-state index in [1.165, 1.54) is 13.1 Å². The van der Waals surface area contributed by atoms with Gasteiger partial charge in [-0.15, -0.1) is 0 Å². The Morgan fingerprint density at radius 3 is 2.38 bits per heavy atom. The van der Waals surface area contributed by atoms with Gasteiger partial charge in [0.1, 0.15) is 11.5 Å². The summed E-state index contributed by atoms with van der Waals surface area (Å²) in [7, 11) is 0. The van der Waals surface area contributed by atoms with Gasteiger partial charge in [0.25, 0.3) is 5.91 Å². The van der Waals surface area contributed by atoms with E-state index in [0.717, 1.165) is 0 Å². The van der Waals surface area contributed by atoms with Crippen LogP contribution in [0.3, 0.4) is 0 Å². The Kier molecular flexibility index (Phi) is 4.93. The van der Waals surface area contributed by atoms with Gasteiger partial charge in [-0.2, -0.15) is 0 Å². The van der Waals surface area contributed by atoms with Crippen LogP contribution in [0.5, 0.6) is 0 Å². The number of nitrogens with one attached hydrogen (secondary N) is 3. The molecule has 0 aliphatic rings. The third-order valence-corrected chi connectivity index (χ3v) is 3.34. The summed E-state index contributed by atoms with van der Waals surface area (Å²) in [5.74, 6) is 0.726. The molecule has 1 aromatic carbocycles. The normalized spacial score (nSPS) is 10.2. The maximum atomic E-state index is 12.3. The smallest absolute Gasteiger partial charge is 0.274 e. The number of benzene rings is 1. The van der Waals surface area contributed by atoms with Crippen molar-refractivity contribution in [3.05, 3.63) is 60.1 Å². The van der Waals surface area contributed by atoms with Crippen molar-refractivity contribution >= 4 is 34.7 Å². The van der Waals surface area contributed by atoms with Gasteiger partial charge in [0.15, 0.2) is 5.82 Å². The fraction of sp³-hybridized carbons (Fsp3) is 0.111. The quantitative estimate of drug-likeness (QED) is 0.650. The molecule has 0 bridgehead atoms. The van der Waals surface area contributed by atoms with Crippen LogP contribution in [0, 0.1) is 6.92 Å². The zero-order valence-corrected chi connectivity index (χ0v) is 14.2. The second-order valence-corrected chi connectivity index (χ2v) is 5.60. The van der Waals surface area contributed by atoms with Crippen LogP contribution < -0.4 is 16.0 Å². The highest BCUT2D eigenvalue weighted by Gasteiger charge is 2.09. The van der Waals surface area contributed by atoms with Gasteiger partial charge in [-0.3, -0.25) is 9.59 Å². The number of anilines is 4. The molecule has 0 aliphatic carbocycles. The van der Waals surface area contributed by atoms with E-state index in [0.29, 0.717) is 28.6 Å². The molecular formula is C18H17N5O3. The molecule has 3 N–H and O–H groups in total. The second kappa shape index (κ2) is 7.47. The molecular weight excluding hydrogens is 334 g/mol. The minimum atomic E-state index is -0.353. The predicted octanol–water partition coefficient (Wildman–Crippen LogP) is 3.33. The molecule has 132 valence electrons. The van der Waals surface area contributed by atoms with Gasteiger partial charge in [-0.05, 0) is 37.3 Å². The lowest BCUT2D eigenvalue weighted by Gasteiger charge is -2.08. The van der Waals surface area contributed by atoms with Crippen molar-refractivity contribution in [2.24, 2.45) is 0 Å². The molecule has 0 fully saturated rings. The zero-order valence-electron chi connectivity index (χ0n) is 14.2. The number of rotatable bonds is 5. The van der Waals surface area contributed by atoms with Crippen LogP contribution >= 0.6 is 0 Å². The summed E-state index contributed by atoms with van der Waals surface area (Å²) in [6.07, 6.45) is 1.53. The molecule has 0 aliphatic heterocycles.